The van der Waals surface area contributed by atoms with E-state index in [1.54, 1.807) is 0 Å². The Morgan fingerprint density at radius 1 is 1.44 bits per heavy atom. The maximum absolute atomic E-state index is 9.16. The zero-order valence-corrected chi connectivity index (χ0v) is 9.56. The molecule has 2 fully saturated rings. The van der Waals surface area contributed by atoms with Crippen LogP contribution in [0, 0.1) is 22.7 Å². The van der Waals surface area contributed by atoms with Gasteiger partial charge in [0.15, 0.2) is 0 Å². The zero-order valence-electron chi connectivity index (χ0n) is 9.56. The van der Waals surface area contributed by atoms with Gasteiger partial charge in [-0.15, -0.1) is 0 Å². The molecule has 1 heterocycles. The molecule has 82 valence electrons. The Bertz CT molecular complexity index is 434. The minimum atomic E-state index is 0.0169. The summed E-state index contributed by atoms with van der Waals surface area (Å²) < 4.78 is 0. The molecule has 2 nitrogen and oxygen atoms in total. The first-order chi connectivity index (χ1) is 7.75. The minimum absolute atomic E-state index is 0.0169. The van der Waals surface area contributed by atoms with Gasteiger partial charge in [0.05, 0.1) is 11.5 Å². The number of nitrogens with zero attached hydrogens (tertiary/aromatic N) is 2. The summed E-state index contributed by atoms with van der Waals surface area (Å²) in [7, 11) is 0. The average molecular weight is 212 g/mol. The van der Waals surface area contributed by atoms with Crippen molar-refractivity contribution >= 4 is 0 Å². The van der Waals surface area contributed by atoms with Crippen LogP contribution in [0.3, 0.4) is 0 Å². The lowest BCUT2D eigenvalue weighted by Crippen LogP contribution is -2.27. The lowest BCUT2D eigenvalue weighted by molar-refractivity contribution is 0.228. The lowest BCUT2D eigenvalue weighted by atomic mass is 10.1. The monoisotopic (exact) mass is 212 g/mol. The molecular formula is C14H16N2. The van der Waals surface area contributed by atoms with Gasteiger partial charge >= 0.3 is 0 Å². The summed E-state index contributed by atoms with van der Waals surface area (Å²) >= 11 is 0. The van der Waals surface area contributed by atoms with E-state index in [1.165, 1.54) is 5.56 Å². The normalized spacial score (nSPS) is 34.1. The highest BCUT2D eigenvalue weighted by Crippen LogP contribution is 2.58. The molecule has 16 heavy (non-hydrogen) atoms. The molecule has 3 atom stereocenters. The first kappa shape index (κ1) is 9.86. The molecule has 1 aliphatic heterocycles. The molecule has 1 saturated carbocycles. The molecule has 1 aromatic rings. The number of hydrogen-bond acceptors (Lipinski definition) is 2. The first-order valence-corrected chi connectivity index (χ1v) is 5.95. The quantitative estimate of drug-likeness (QED) is 0.753. The van der Waals surface area contributed by atoms with Gasteiger partial charge in [0.25, 0.3) is 0 Å². The van der Waals surface area contributed by atoms with Gasteiger partial charge in [0.1, 0.15) is 0 Å². The van der Waals surface area contributed by atoms with Crippen LogP contribution in [0.15, 0.2) is 30.3 Å². The molecule has 0 N–H and O–H groups in total. The second-order valence-corrected chi connectivity index (χ2v) is 5.19. The van der Waals surface area contributed by atoms with E-state index in [1.807, 2.05) is 0 Å². The van der Waals surface area contributed by atoms with E-state index in [4.69, 9.17) is 5.26 Å². The number of piperidine rings is 1. The second kappa shape index (κ2) is 3.33. The summed E-state index contributed by atoms with van der Waals surface area (Å²) in [5, 5.41) is 9.16. The number of likely N-dealkylation sites (tertiary alicyclic amines) is 1. The van der Waals surface area contributed by atoms with Crippen molar-refractivity contribution in [2.24, 2.45) is 11.3 Å². The van der Waals surface area contributed by atoms with E-state index >= 15 is 0 Å². The van der Waals surface area contributed by atoms with E-state index in [0.29, 0.717) is 12.0 Å². The molecular weight excluding hydrogens is 196 g/mol. The largest absolute Gasteiger partial charge is 0.295 e. The van der Waals surface area contributed by atoms with E-state index in [9.17, 15) is 0 Å². The van der Waals surface area contributed by atoms with Crippen LogP contribution < -0.4 is 0 Å². The van der Waals surface area contributed by atoms with E-state index < -0.39 is 0 Å². The standard InChI is InChI=1S/C14H16N2/c1-11(12-5-3-2-4-6-12)16-8-13-7-14(13,9-15)10-16/h2-6,11,13H,7-8,10H2,1H3. The fourth-order valence-corrected chi connectivity index (χ4v) is 2.93. The van der Waals surface area contributed by atoms with Crippen LogP contribution in [0.2, 0.25) is 0 Å². The highest BCUT2D eigenvalue weighted by molar-refractivity contribution is 5.25. The predicted molar refractivity (Wildman–Crippen MR) is 62.6 cm³/mol. The fraction of sp³-hybridized carbons (Fsp3) is 0.500. The van der Waals surface area contributed by atoms with Crippen LogP contribution in [0.4, 0.5) is 0 Å². The number of hydrogen-bond donors (Lipinski definition) is 0. The van der Waals surface area contributed by atoms with Gasteiger partial charge in [0.2, 0.25) is 0 Å². The van der Waals surface area contributed by atoms with Crippen molar-refractivity contribution in [2.75, 3.05) is 13.1 Å². The van der Waals surface area contributed by atoms with Crippen LogP contribution in [0.5, 0.6) is 0 Å². The molecule has 1 saturated heterocycles. The molecule has 0 radical (unpaired) electrons. The highest BCUT2D eigenvalue weighted by Gasteiger charge is 2.61. The van der Waals surface area contributed by atoms with Crippen LogP contribution in [0.1, 0.15) is 24.9 Å². The highest BCUT2D eigenvalue weighted by atomic mass is 15.2. The van der Waals surface area contributed by atoms with E-state index in [-0.39, 0.29) is 5.41 Å². The van der Waals surface area contributed by atoms with Crippen molar-refractivity contribution < 1.29 is 0 Å². The smallest absolute Gasteiger partial charge is 0.0745 e. The Morgan fingerprint density at radius 3 is 2.81 bits per heavy atom. The van der Waals surface area contributed by atoms with Crippen molar-refractivity contribution in [3.63, 3.8) is 0 Å². The van der Waals surface area contributed by atoms with Gasteiger partial charge in [-0.1, -0.05) is 30.3 Å². The van der Waals surface area contributed by atoms with Gasteiger partial charge in [-0.2, -0.15) is 5.26 Å². The van der Waals surface area contributed by atoms with E-state index in [2.05, 4.69) is 48.2 Å². The SMILES string of the molecule is CC(c1ccccc1)N1CC2CC2(C#N)C1. The third kappa shape index (κ3) is 1.36. The predicted octanol–water partition coefficient (Wildman–Crippen LogP) is 2.59. The Hall–Kier alpha value is -1.33. The minimum Gasteiger partial charge on any atom is -0.295 e. The molecule has 0 bridgehead atoms. The van der Waals surface area contributed by atoms with Gasteiger partial charge < -0.3 is 0 Å². The Morgan fingerprint density at radius 2 is 2.19 bits per heavy atom. The Balaban J connectivity index is 1.75. The summed E-state index contributed by atoms with van der Waals surface area (Å²) in [6.07, 6.45) is 1.13. The zero-order chi connectivity index (χ0) is 11.2. The second-order valence-electron chi connectivity index (χ2n) is 5.19. The van der Waals surface area contributed by atoms with Gasteiger partial charge in [0, 0.05) is 19.1 Å². The number of rotatable bonds is 2. The van der Waals surface area contributed by atoms with Crippen molar-refractivity contribution in [3.05, 3.63) is 35.9 Å². The topological polar surface area (TPSA) is 27.0 Å². The molecule has 2 aliphatic rings. The molecule has 1 aromatic carbocycles. The molecule has 0 aromatic heterocycles. The third-order valence-corrected chi connectivity index (χ3v) is 4.22. The lowest BCUT2D eigenvalue weighted by Gasteiger charge is -2.26. The summed E-state index contributed by atoms with van der Waals surface area (Å²) in [4.78, 5) is 2.45. The number of fused-ring (bicyclic) bond motifs is 1. The molecule has 3 unspecified atom stereocenters. The van der Waals surface area contributed by atoms with Crippen LogP contribution in [-0.2, 0) is 0 Å². The van der Waals surface area contributed by atoms with Gasteiger partial charge in [-0.3, -0.25) is 4.90 Å². The summed E-state index contributed by atoms with van der Waals surface area (Å²) in [6, 6.07) is 13.5. The maximum Gasteiger partial charge on any atom is 0.0745 e. The Kier molecular flexibility index (Phi) is 2.05. The molecule has 2 heteroatoms. The number of benzene rings is 1. The first-order valence-electron chi connectivity index (χ1n) is 5.95. The summed E-state index contributed by atoms with van der Waals surface area (Å²) in [6.45, 7) is 4.30. The Labute approximate surface area is 96.5 Å². The molecule has 3 rings (SSSR count). The van der Waals surface area contributed by atoms with Crippen LogP contribution in [-0.4, -0.2) is 18.0 Å². The van der Waals surface area contributed by atoms with Gasteiger partial charge in [-0.25, -0.2) is 0 Å². The summed E-state index contributed by atoms with van der Waals surface area (Å²) in [5.41, 5.74) is 1.38. The van der Waals surface area contributed by atoms with Crippen molar-refractivity contribution in [2.45, 2.75) is 19.4 Å². The molecule has 0 amide bonds. The summed E-state index contributed by atoms with van der Waals surface area (Å²) in [5.74, 6) is 0.642. The van der Waals surface area contributed by atoms with Crippen molar-refractivity contribution in [1.82, 2.24) is 4.90 Å². The van der Waals surface area contributed by atoms with Crippen LogP contribution in [0.25, 0.3) is 0 Å². The van der Waals surface area contributed by atoms with Gasteiger partial charge in [-0.05, 0) is 24.8 Å². The fourth-order valence-electron chi connectivity index (χ4n) is 2.93. The number of nitriles is 1. The third-order valence-electron chi connectivity index (χ3n) is 4.22. The van der Waals surface area contributed by atoms with Crippen molar-refractivity contribution in [1.29, 1.82) is 5.26 Å². The average Bonchev–Trinajstić information content (AvgIpc) is 2.92. The van der Waals surface area contributed by atoms with Crippen LogP contribution >= 0.6 is 0 Å². The van der Waals surface area contributed by atoms with Crippen molar-refractivity contribution in [3.8, 4) is 6.07 Å². The molecule has 1 aliphatic carbocycles. The van der Waals surface area contributed by atoms with E-state index in [0.717, 1.165) is 19.5 Å². The maximum atomic E-state index is 9.16. The molecule has 0 spiro atoms.